The van der Waals surface area contributed by atoms with Crippen molar-refractivity contribution in [2.75, 3.05) is 0 Å². The zero-order valence-electron chi connectivity index (χ0n) is 5.18. The summed E-state index contributed by atoms with van der Waals surface area (Å²) < 4.78 is 4.33. The predicted molar refractivity (Wildman–Crippen MR) is 32.1 cm³/mol. The van der Waals surface area contributed by atoms with Crippen LogP contribution in [0.5, 0.6) is 0 Å². The highest BCUT2D eigenvalue weighted by Crippen LogP contribution is 2.10. The van der Waals surface area contributed by atoms with Crippen molar-refractivity contribution >= 4 is 23.3 Å². The number of ether oxygens (including phenoxy) is 1. The van der Waals surface area contributed by atoms with Gasteiger partial charge in [0.25, 0.3) is 11.7 Å². The summed E-state index contributed by atoms with van der Waals surface area (Å²) in [6.07, 6.45) is 0. The molecule has 0 aliphatic rings. The van der Waals surface area contributed by atoms with Crippen molar-refractivity contribution in [3.8, 4) is 0 Å². The van der Waals surface area contributed by atoms with Crippen molar-refractivity contribution in [1.29, 1.82) is 0 Å². The van der Waals surface area contributed by atoms with E-state index in [0.29, 0.717) is 0 Å². The van der Waals surface area contributed by atoms with Crippen LogP contribution in [0.25, 0.3) is 0 Å². The first-order chi connectivity index (χ1) is 4.00. The molecule has 0 radical (unpaired) electrons. The van der Waals surface area contributed by atoms with E-state index in [1.165, 1.54) is 13.8 Å². The Labute approximate surface area is 57.9 Å². The van der Waals surface area contributed by atoms with Gasteiger partial charge in [-0.15, -0.1) is 0 Å². The number of hydrogen-bond acceptors (Lipinski definition) is 3. The number of carbonyl (C=O) groups is 2. The van der Waals surface area contributed by atoms with Crippen molar-refractivity contribution in [1.82, 2.24) is 0 Å². The molecule has 0 bridgehead atoms. The molecule has 0 amide bonds. The maximum absolute atomic E-state index is 10.3. The molecule has 0 saturated carbocycles. The first kappa shape index (κ1) is 8.43. The van der Waals surface area contributed by atoms with Gasteiger partial charge in [0.2, 0.25) is 0 Å². The highest BCUT2D eigenvalue weighted by molar-refractivity contribution is 6.65. The number of hydrogen-bond donors (Lipinski definition) is 0. The van der Waals surface area contributed by atoms with Gasteiger partial charge in [0.05, 0.1) is 0 Å². The molecule has 0 saturated heterocycles. The summed E-state index contributed by atoms with van der Waals surface area (Å²) in [5.41, 5.74) is -1.19. The van der Waals surface area contributed by atoms with Gasteiger partial charge in [0, 0.05) is 0 Å². The number of rotatable bonds is 3. The molecule has 0 N–H and O–H groups in total. The Morgan fingerprint density at radius 2 is 2.11 bits per heavy atom. The second-order valence-electron chi connectivity index (χ2n) is 2.00. The highest BCUT2D eigenvalue weighted by Gasteiger charge is 2.26. The largest absolute Gasteiger partial charge is 0.452 e. The van der Waals surface area contributed by atoms with Gasteiger partial charge in [-0.05, 0) is 25.4 Å². The minimum absolute atomic E-state index is 0.195. The molecule has 0 aliphatic heterocycles. The second-order valence-corrected chi connectivity index (χ2v) is 2.34. The maximum Gasteiger partial charge on any atom is 0.294 e. The number of carbonyl (C=O) groups excluding carboxylic acids is 2. The van der Waals surface area contributed by atoms with Crippen molar-refractivity contribution < 1.29 is 14.3 Å². The molecule has 0 fully saturated rings. The third-order valence-electron chi connectivity index (χ3n) is 0.816. The fourth-order valence-corrected chi connectivity index (χ4v) is 0.211. The summed E-state index contributed by atoms with van der Waals surface area (Å²) in [4.78, 5) is 20.0. The first-order valence-electron chi connectivity index (χ1n) is 2.32. The Morgan fingerprint density at radius 3 is 2.22 bits per heavy atom. The van der Waals surface area contributed by atoms with Crippen molar-refractivity contribution in [3.05, 3.63) is 0 Å². The molecule has 0 rings (SSSR count). The van der Waals surface area contributed by atoms with E-state index in [-0.39, 0.29) is 6.47 Å². The lowest BCUT2D eigenvalue weighted by Gasteiger charge is -2.15. The molecule has 0 aromatic heterocycles. The zero-order valence-corrected chi connectivity index (χ0v) is 5.94. The van der Waals surface area contributed by atoms with Gasteiger partial charge in [-0.25, -0.2) is 0 Å². The molecule has 0 spiro atoms. The van der Waals surface area contributed by atoms with Crippen LogP contribution in [0.15, 0.2) is 0 Å². The fraction of sp³-hybridized carbons (Fsp3) is 0.600. The van der Waals surface area contributed by atoms with E-state index in [1.807, 2.05) is 0 Å². The van der Waals surface area contributed by atoms with Crippen molar-refractivity contribution in [2.24, 2.45) is 0 Å². The van der Waals surface area contributed by atoms with Gasteiger partial charge in [-0.3, -0.25) is 9.59 Å². The van der Waals surface area contributed by atoms with Crippen LogP contribution in [-0.2, 0) is 14.3 Å². The van der Waals surface area contributed by atoms with Gasteiger partial charge in [-0.1, -0.05) is 0 Å². The SMILES string of the molecule is CC(C)(OC=O)C(=O)Cl. The van der Waals surface area contributed by atoms with Crippen LogP contribution in [-0.4, -0.2) is 17.3 Å². The minimum atomic E-state index is -1.19. The van der Waals surface area contributed by atoms with Gasteiger partial charge < -0.3 is 4.74 Å². The zero-order chi connectivity index (χ0) is 7.49. The van der Waals surface area contributed by atoms with Gasteiger partial charge in [0.1, 0.15) is 0 Å². The third-order valence-corrected chi connectivity index (χ3v) is 1.27. The van der Waals surface area contributed by atoms with Crippen LogP contribution in [0, 0.1) is 0 Å². The summed E-state index contributed by atoms with van der Waals surface area (Å²) >= 11 is 5.03. The molecule has 0 aliphatic carbocycles. The van der Waals surface area contributed by atoms with Gasteiger partial charge in [-0.2, -0.15) is 0 Å². The fourth-order valence-electron chi connectivity index (χ4n) is 0.167. The Balaban J connectivity index is 4.00. The third kappa shape index (κ3) is 2.46. The summed E-state index contributed by atoms with van der Waals surface area (Å²) in [5.74, 6) is 0. The molecule has 3 nitrogen and oxygen atoms in total. The standard InChI is InChI=1S/C5H7ClO3/c1-5(2,4(6)8)9-3-7/h3H,1-2H3. The summed E-state index contributed by atoms with van der Waals surface area (Å²) in [6, 6.07) is 0. The molecular formula is C5H7ClO3. The monoisotopic (exact) mass is 150 g/mol. The topological polar surface area (TPSA) is 43.4 Å². The molecule has 4 heteroatoms. The molecule has 9 heavy (non-hydrogen) atoms. The Morgan fingerprint density at radius 1 is 1.67 bits per heavy atom. The van der Waals surface area contributed by atoms with E-state index in [1.54, 1.807) is 0 Å². The lowest BCUT2D eigenvalue weighted by atomic mass is 10.2. The maximum atomic E-state index is 10.3. The van der Waals surface area contributed by atoms with Crippen molar-refractivity contribution in [2.45, 2.75) is 19.4 Å². The Hall–Kier alpha value is -0.570. The summed E-state index contributed by atoms with van der Waals surface area (Å²) in [5, 5.41) is -0.686. The smallest absolute Gasteiger partial charge is 0.294 e. The van der Waals surface area contributed by atoms with Crippen LogP contribution < -0.4 is 0 Å². The Bertz CT molecular complexity index is 130. The average Bonchev–Trinajstić information content (AvgIpc) is 1.65. The van der Waals surface area contributed by atoms with Crippen LogP contribution in [0.4, 0.5) is 0 Å². The van der Waals surface area contributed by atoms with Crippen LogP contribution in [0.2, 0.25) is 0 Å². The molecular weight excluding hydrogens is 144 g/mol. The quantitative estimate of drug-likeness (QED) is 0.440. The molecule has 0 unspecified atom stereocenters. The number of halogens is 1. The van der Waals surface area contributed by atoms with Crippen molar-refractivity contribution in [3.63, 3.8) is 0 Å². The summed E-state index contributed by atoms with van der Waals surface area (Å²) in [7, 11) is 0. The van der Waals surface area contributed by atoms with Gasteiger partial charge in [0.15, 0.2) is 5.60 Å². The van der Waals surface area contributed by atoms with E-state index in [0.717, 1.165) is 0 Å². The lowest BCUT2D eigenvalue weighted by Crippen LogP contribution is -2.30. The molecule has 0 aromatic carbocycles. The van der Waals surface area contributed by atoms with Crippen LogP contribution in [0.3, 0.4) is 0 Å². The van der Waals surface area contributed by atoms with E-state index in [9.17, 15) is 9.59 Å². The average molecular weight is 151 g/mol. The molecule has 52 valence electrons. The van der Waals surface area contributed by atoms with E-state index < -0.39 is 10.8 Å². The second kappa shape index (κ2) is 2.82. The van der Waals surface area contributed by atoms with Crippen LogP contribution >= 0.6 is 11.6 Å². The van der Waals surface area contributed by atoms with Crippen LogP contribution in [0.1, 0.15) is 13.8 Å². The molecule has 0 atom stereocenters. The first-order valence-corrected chi connectivity index (χ1v) is 2.70. The van der Waals surface area contributed by atoms with E-state index >= 15 is 0 Å². The molecule has 0 heterocycles. The van der Waals surface area contributed by atoms with Gasteiger partial charge >= 0.3 is 0 Å². The normalized spacial score (nSPS) is 10.6. The predicted octanol–water partition coefficient (Wildman–Crippen LogP) is 0.703. The highest BCUT2D eigenvalue weighted by atomic mass is 35.5. The summed E-state index contributed by atoms with van der Waals surface area (Å²) in [6.45, 7) is 3.02. The minimum Gasteiger partial charge on any atom is -0.452 e. The van der Waals surface area contributed by atoms with E-state index in [2.05, 4.69) is 4.74 Å². The lowest BCUT2D eigenvalue weighted by molar-refractivity contribution is -0.148. The van der Waals surface area contributed by atoms with E-state index in [4.69, 9.17) is 11.6 Å². The Kier molecular flexibility index (Phi) is 2.65. The molecule has 0 aromatic rings.